The molecule has 1 aromatic carbocycles. The van der Waals surface area contributed by atoms with Crippen molar-refractivity contribution in [3.05, 3.63) is 29.3 Å². The smallest absolute Gasteiger partial charge is 0.380 e. The van der Waals surface area contributed by atoms with Crippen molar-refractivity contribution in [2.75, 3.05) is 31.7 Å². The van der Waals surface area contributed by atoms with Gasteiger partial charge in [-0.05, 0) is 24.6 Å². The molecule has 1 aromatic rings. The minimum absolute atomic E-state index is 0.0936. The summed E-state index contributed by atoms with van der Waals surface area (Å²) in [5.74, 6) is -0.155. The van der Waals surface area contributed by atoms with Crippen molar-refractivity contribution in [3.63, 3.8) is 0 Å². The maximum atomic E-state index is 12.9. The van der Waals surface area contributed by atoms with Crippen molar-refractivity contribution in [2.45, 2.75) is 19.0 Å². The number of alkyl halides is 4. The van der Waals surface area contributed by atoms with E-state index in [0.717, 1.165) is 6.07 Å². The molecule has 0 heterocycles. The molecule has 108 valence electrons. The van der Waals surface area contributed by atoms with Gasteiger partial charge in [-0.15, -0.1) is 11.6 Å². The highest BCUT2D eigenvalue weighted by atomic mass is 35.5. The molecule has 6 heteroatoms. The maximum Gasteiger partial charge on any atom is 0.416 e. The molecule has 0 aliphatic carbocycles. The number of halogens is 4. The van der Waals surface area contributed by atoms with E-state index in [4.69, 9.17) is 16.3 Å². The largest absolute Gasteiger partial charge is 0.416 e. The van der Waals surface area contributed by atoms with Gasteiger partial charge in [0.15, 0.2) is 0 Å². The third kappa shape index (κ3) is 4.58. The van der Waals surface area contributed by atoms with Crippen LogP contribution in [0.3, 0.4) is 0 Å². The zero-order valence-electron chi connectivity index (χ0n) is 10.9. The second kappa shape index (κ2) is 7.01. The summed E-state index contributed by atoms with van der Waals surface area (Å²) in [4.78, 5) is 1.73. The van der Waals surface area contributed by atoms with Crippen LogP contribution in [0.5, 0.6) is 0 Å². The Morgan fingerprint density at radius 2 is 2.00 bits per heavy atom. The number of benzene rings is 1. The fraction of sp³-hybridized carbons (Fsp3) is 0.538. The van der Waals surface area contributed by atoms with Crippen LogP contribution in [0.4, 0.5) is 18.9 Å². The summed E-state index contributed by atoms with van der Waals surface area (Å²) in [5.41, 5.74) is -0.0831. The monoisotopic (exact) mass is 295 g/mol. The third-order valence-electron chi connectivity index (χ3n) is 2.76. The number of hydrogen-bond acceptors (Lipinski definition) is 2. The molecule has 2 nitrogen and oxygen atoms in total. The summed E-state index contributed by atoms with van der Waals surface area (Å²) >= 11 is 5.54. The van der Waals surface area contributed by atoms with E-state index in [1.54, 1.807) is 18.0 Å². The number of likely N-dealkylation sites (N-methyl/N-ethyl adjacent to an activating group) is 1. The molecule has 0 saturated carbocycles. The molecule has 0 atom stereocenters. The van der Waals surface area contributed by atoms with Gasteiger partial charge in [0.2, 0.25) is 0 Å². The van der Waals surface area contributed by atoms with E-state index in [2.05, 4.69) is 0 Å². The summed E-state index contributed by atoms with van der Waals surface area (Å²) < 4.78 is 43.8. The molecule has 0 saturated heterocycles. The highest BCUT2D eigenvalue weighted by molar-refractivity contribution is 6.17. The number of nitrogens with zero attached hydrogens (tertiary/aromatic N) is 1. The Morgan fingerprint density at radius 3 is 2.53 bits per heavy atom. The third-order valence-corrected chi connectivity index (χ3v) is 3.05. The fourth-order valence-corrected chi connectivity index (χ4v) is 1.89. The molecule has 0 N–H and O–H groups in total. The Labute approximate surface area is 116 Å². The summed E-state index contributed by atoms with van der Waals surface area (Å²) in [6.45, 7) is 3.47. The van der Waals surface area contributed by atoms with Gasteiger partial charge < -0.3 is 9.64 Å². The number of anilines is 1. The minimum atomic E-state index is -4.39. The molecular formula is C13H17ClF3NO. The summed E-state index contributed by atoms with van der Waals surface area (Å²) in [6, 6.07) is 4.19. The first-order valence-electron chi connectivity index (χ1n) is 5.95. The van der Waals surface area contributed by atoms with Gasteiger partial charge >= 0.3 is 6.18 Å². The van der Waals surface area contributed by atoms with Crippen molar-refractivity contribution in [1.29, 1.82) is 0 Å². The van der Waals surface area contributed by atoms with Gasteiger partial charge in [0.05, 0.1) is 12.2 Å². The molecule has 0 amide bonds. The molecule has 1 rings (SSSR count). The molecule has 0 aromatic heterocycles. The molecular weight excluding hydrogens is 279 g/mol. The van der Waals surface area contributed by atoms with Gasteiger partial charge in [-0.2, -0.15) is 13.2 Å². The average Bonchev–Trinajstić information content (AvgIpc) is 2.37. The van der Waals surface area contributed by atoms with E-state index < -0.39 is 11.7 Å². The molecule has 0 bridgehead atoms. The zero-order chi connectivity index (χ0) is 14.5. The number of ether oxygens (including phenoxy) is 1. The van der Waals surface area contributed by atoms with Gasteiger partial charge in [-0.3, -0.25) is 0 Å². The Bertz CT molecular complexity index is 409. The van der Waals surface area contributed by atoms with Crippen LogP contribution in [-0.2, 0) is 16.8 Å². The first-order chi connectivity index (χ1) is 8.90. The predicted octanol–water partition coefficient (Wildman–Crippen LogP) is 3.92. The lowest BCUT2D eigenvalue weighted by Gasteiger charge is -2.21. The lowest BCUT2D eigenvalue weighted by atomic mass is 10.1. The van der Waals surface area contributed by atoms with Crippen molar-refractivity contribution in [1.82, 2.24) is 0 Å². The molecule has 0 spiro atoms. The van der Waals surface area contributed by atoms with E-state index in [0.29, 0.717) is 25.4 Å². The Balaban J connectivity index is 2.91. The number of rotatable bonds is 6. The van der Waals surface area contributed by atoms with Crippen LogP contribution in [0.15, 0.2) is 18.2 Å². The van der Waals surface area contributed by atoms with Crippen LogP contribution >= 0.6 is 11.6 Å². The van der Waals surface area contributed by atoms with Crippen LogP contribution in [0, 0.1) is 0 Å². The van der Waals surface area contributed by atoms with Crippen LogP contribution in [0.1, 0.15) is 18.1 Å². The fourth-order valence-electron chi connectivity index (χ4n) is 1.66. The van der Waals surface area contributed by atoms with Crippen LogP contribution in [0.2, 0.25) is 0 Å². The van der Waals surface area contributed by atoms with Gasteiger partial charge in [0.1, 0.15) is 0 Å². The lowest BCUT2D eigenvalue weighted by molar-refractivity contribution is -0.138. The summed E-state index contributed by atoms with van der Waals surface area (Å²) in [5, 5.41) is 0. The standard InChI is InChI=1S/C13H17ClF3NO/c1-3-19-7-6-18(2)11-5-4-10(9-14)12(8-11)13(15,16)17/h4-5,8H,3,6-7,9H2,1-2H3. The van der Waals surface area contributed by atoms with Crippen molar-refractivity contribution >= 4 is 17.3 Å². The van der Waals surface area contributed by atoms with Gasteiger partial charge in [0, 0.05) is 31.8 Å². The van der Waals surface area contributed by atoms with Crippen LogP contribution in [0.25, 0.3) is 0 Å². The van der Waals surface area contributed by atoms with Gasteiger partial charge in [-0.1, -0.05) is 6.07 Å². The van der Waals surface area contributed by atoms with Gasteiger partial charge in [-0.25, -0.2) is 0 Å². The first kappa shape index (κ1) is 16.1. The molecule has 19 heavy (non-hydrogen) atoms. The normalized spacial score (nSPS) is 11.7. The zero-order valence-corrected chi connectivity index (χ0v) is 11.7. The van der Waals surface area contributed by atoms with Crippen LogP contribution in [-0.4, -0.2) is 26.8 Å². The van der Waals surface area contributed by atoms with Crippen LogP contribution < -0.4 is 4.90 Å². The van der Waals surface area contributed by atoms with E-state index >= 15 is 0 Å². The molecule has 0 fully saturated rings. The Morgan fingerprint density at radius 1 is 1.32 bits per heavy atom. The topological polar surface area (TPSA) is 12.5 Å². The molecule has 0 aliphatic heterocycles. The lowest BCUT2D eigenvalue weighted by Crippen LogP contribution is -2.23. The van der Waals surface area contributed by atoms with Crippen molar-refractivity contribution in [3.8, 4) is 0 Å². The van der Waals surface area contributed by atoms with E-state index in [-0.39, 0.29) is 11.4 Å². The molecule has 0 radical (unpaired) electrons. The first-order valence-corrected chi connectivity index (χ1v) is 6.48. The SMILES string of the molecule is CCOCCN(C)c1ccc(CCl)c(C(F)(F)F)c1. The van der Waals surface area contributed by atoms with E-state index in [1.165, 1.54) is 6.07 Å². The highest BCUT2D eigenvalue weighted by Crippen LogP contribution is 2.35. The predicted molar refractivity (Wildman–Crippen MR) is 70.8 cm³/mol. The van der Waals surface area contributed by atoms with Crippen molar-refractivity contribution < 1.29 is 17.9 Å². The summed E-state index contributed by atoms with van der Waals surface area (Å²) in [7, 11) is 1.73. The quantitative estimate of drug-likeness (QED) is 0.583. The summed E-state index contributed by atoms with van der Waals surface area (Å²) in [6.07, 6.45) is -4.39. The average molecular weight is 296 g/mol. The Kier molecular flexibility index (Phi) is 5.94. The maximum absolute atomic E-state index is 12.9. The minimum Gasteiger partial charge on any atom is -0.380 e. The Hall–Kier alpha value is -0.940. The van der Waals surface area contributed by atoms with E-state index in [9.17, 15) is 13.2 Å². The second-order valence-electron chi connectivity index (χ2n) is 4.09. The molecule has 0 aliphatic rings. The highest BCUT2D eigenvalue weighted by Gasteiger charge is 2.33. The van der Waals surface area contributed by atoms with E-state index in [1.807, 2.05) is 6.92 Å². The van der Waals surface area contributed by atoms with Crippen molar-refractivity contribution in [2.24, 2.45) is 0 Å². The second-order valence-corrected chi connectivity index (χ2v) is 4.36. The molecule has 0 unspecified atom stereocenters. The number of hydrogen-bond donors (Lipinski definition) is 0. The van der Waals surface area contributed by atoms with Gasteiger partial charge in [0.25, 0.3) is 0 Å².